The lowest BCUT2D eigenvalue weighted by molar-refractivity contribution is -0.143. The Labute approximate surface area is 354 Å². The van der Waals surface area contributed by atoms with E-state index in [9.17, 15) is 19.5 Å². The molecular formula is C50H66N4O6. The maximum atomic E-state index is 14.4. The van der Waals surface area contributed by atoms with Crippen molar-refractivity contribution in [3.8, 4) is 0 Å². The number of carbonyl (C=O) groups excluding carboxylic acids is 3. The Morgan fingerprint density at radius 2 is 1.68 bits per heavy atom. The molecule has 5 heterocycles. The van der Waals surface area contributed by atoms with Crippen molar-refractivity contribution in [2.45, 2.75) is 119 Å². The molecule has 1 aliphatic carbocycles. The first kappa shape index (κ1) is 44.3. The second-order valence-corrected chi connectivity index (χ2v) is 17.8. The molecule has 0 radical (unpaired) electrons. The van der Waals surface area contributed by atoms with E-state index in [1.807, 2.05) is 45.1 Å². The van der Waals surface area contributed by atoms with Gasteiger partial charge in [0.1, 0.15) is 12.5 Å². The normalized spacial score (nSPS) is 22.5. The minimum Gasteiger partial charge on any atom is -0.515 e. The summed E-state index contributed by atoms with van der Waals surface area (Å²) in [6, 6.07) is -0.471. The number of aliphatic hydroxyl groups is 1. The van der Waals surface area contributed by atoms with Gasteiger partial charge >= 0.3 is 11.9 Å². The highest BCUT2D eigenvalue weighted by Crippen LogP contribution is 2.42. The Balaban J connectivity index is 1.34. The fourth-order valence-electron chi connectivity index (χ4n) is 9.70. The van der Waals surface area contributed by atoms with Crippen molar-refractivity contribution in [3.63, 3.8) is 0 Å². The molecule has 5 N–H and O–H groups in total. The summed E-state index contributed by atoms with van der Waals surface area (Å²) in [5, 5.41) is 17.0. The quantitative estimate of drug-likeness (QED) is 0.0591. The number of Topliss-reactive ketones (excluding diaryl/α,β-unsaturated/α-hetero) is 1. The molecule has 8 bridgehead atoms. The predicted octanol–water partition coefficient (Wildman–Crippen LogP) is 7.06. The zero-order valence-electron chi connectivity index (χ0n) is 37.2. The number of carbonyl (C=O) groups is 3. The standard InChI is InChI=1S/C50H66N4O6/c1-11-33-30(7)37-23-38-31(8)35(19-20-43(56)60-22-21-29(6)18-14-17-28(5)16-13-15-27(3)4)47(53-38)45-46(50(58)59-10)49(57)44-32(9)39(54-48(44)45)24-41-34(12-2)36(26-55)42(52-41)25-40(33)51-37/h11,21,23-28,31,35,46-47,51-55H,1,12-20,22H2,2-10H3/b29-21+,36-26-,38-23-,39-24-,42-25-/t28-,31-,35-,46+,47?/m0/s1. The van der Waals surface area contributed by atoms with Crippen LogP contribution in [0.15, 0.2) is 23.9 Å². The van der Waals surface area contributed by atoms with Gasteiger partial charge in [-0.25, -0.2) is 0 Å². The second kappa shape index (κ2) is 19.0. The molecule has 10 heteroatoms. The lowest BCUT2D eigenvalue weighted by atomic mass is 9.80. The number of ketones is 1. The van der Waals surface area contributed by atoms with E-state index >= 15 is 0 Å². The van der Waals surface area contributed by atoms with Crippen LogP contribution in [-0.2, 0) is 25.5 Å². The van der Waals surface area contributed by atoms with Crippen LogP contribution in [0.3, 0.4) is 0 Å². The first-order chi connectivity index (χ1) is 28.7. The molecule has 2 aliphatic heterocycles. The molecule has 3 aromatic heterocycles. The molecule has 10 nitrogen and oxygen atoms in total. The molecule has 60 heavy (non-hydrogen) atoms. The van der Waals surface area contributed by atoms with Gasteiger partial charge in [0, 0.05) is 56.8 Å². The van der Waals surface area contributed by atoms with Crippen molar-refractivity contribution < 1.29 is 29.0 Å². The van der Waals surface area contributed by atoms with Gasteiger partial charge in [-0.2, -0.15) is 0 Å². The SMILES string of the molecule is C=Cc1c2[nH]c(c1C)/C=C1\NC(C3=c4[nH]/c(c(C)c4C(=O)[C@@H]3C(=O)OC)=C\c3[nH]c(/c(=C\O)c3CC)=C\2)[C@@H](CCC(=O)OC/C=C(\C)CCC[C@@H](C)CCCC(C)C)[C@@H]1C. The lowest BCUT2D eigenvalue weighted by Crippen LogP contribution is -2.38. The van der Waals surface area contributed by atoms with Crippen molar-refractivity contribution in [2.75, 3.05) is 13.7 Å². The van der Waals surface area contributed by atoms with Crippen LogP contribution in [0, 0.1) is 43.4 Å². The molecule has 5 atom stereocenters. The van der Waals surface area contributed by atoms with E-state index in [0.29, 0.717) is 34.5 Å². The second-order valence-electron chi connectivity index (χ2n) is 17.8. The van der Waals surface area contributed by atoms with Gasteiger partial charge in [-0.05, 0) is 111 Å². The number of fused-ring (bicyclic) bond motifs is 8. The summed E-state index contributed by atoms with van der Waals surface area (Å²) in [5.74, 6) is -1.13. The van der Waals surface area contributed by atoms with Crippen LogP contribution < -0.4 is 26.6 Å². The minimum atomic E-state index is -1.14. The highest BCUT2D eigenvalue weighted by molar-refractivity contribution is 6.19. The lowest BCUT2D eigenvalue weighted by Gasteiger charge is -2.25. The summed E-state index contributed by atoms with van der Waals surface area (Å²) in [7, 11) is 1.31. The molecule has 0 aromatic carbocycles. The third-order valence-electron chi connectivity index (χ3n) is 13.3. The molecule has 6 rings (SSSR count). The van der Waals surface area contributed by atoms with Crippen LogP contribution in [0.1, 0.15) is 143 Å². The molecule has 1 saturated heterocycles. The first-order valence-electron chi connectivity index (χ1n) is 22.0. The molecule has 1 unspecified atom stereocenters. The molecular weight excluding hydrogens is 753 g/mol. The van der Waals surface area contributed by atoms with Crippen LogP contribution >= 0.6 is 0 Å². The number of methoxy groups -OCH3 is 1. The summed E-state index contributed by atoms with van der Waals surface area (Å²) in [5.41, 5.74) is 9.30. The Morgan fingerprint density at radius 3 is 2.37 bits per heavy atom. The molecule has 0 amide bonds. The van der Waals surface area contributed by atoms with Gasteiger partial charge in [-0.1, -0.05) is 78.5 Å². The first-order valence-corrected chi connectivity index (χ1v) is 22.0. The van der Waals surface area contributed by atoms with Crippen LogP contribution in [-0.4, -0.2) is 57.5 Å². The van der Waals surface area contributed by atoms with E-state index in [1.54, 1.807) is 0 Å². The van der Waals surface area contributed by atoms with Crippen LogP contribution in [0.2, 0.25) is 0 Å². The predicted molar refractivity (Wildman–Crippen MR) is 241 cm³/mol. The summed E-state index contributed by atoms with van der Waals surface area (Å²) >= 11 is 0. The monoisotopic (exact) mass is 818 g/mol. The topological polar surface area (TPSA) is 149 Å². The number of ether oxygens (including phenoxy) is 2. The number of hydrogen-bond acceptors (Lipinski definition) is 7. The number of rotatable bonds is 16. The fraction of sp³-hybridized carbons (Fsp3) is 0.500. The van der Waals surface area contributed by atoms with Gasteiger partial charge in [0.25, 0.3) is 0 Å². The van der Waals surface area contributed by atoms with Gasteiger partial charge in [0.15, 0.2) is 5.78 Å². The third kappa shape index (κ3) is 8.93. The molecule has 1 fully saturated rings. The fourth-order valence-corrected chi connectivity index (χ4v) is 9.70. The highest BCUT2D eigenvalue weighted by atomic mass is 16.5. The van der Waals surface area contributed by atoms with E-state index < -0.39 is 17.9 Å². The van der Waals surface area contributed by atoms with Crippen LogP contribution in [0.25, 0.3) is 36.1 Å². The number of aliphatic hydroxyl groups excluding tert-OH is 1. The number of hydrogen-bond donors (Lipinski definition) is 5. The van der Waals surface area contributed by atoms with Gasteiger partial charge in [-0.3, -0.25) is 14.4 Å². The summed E-state index contributed by atoms with van der Waals surface area (Å²) < 4.78 is 11.1. The van der Waals surface area contributed by atoms with Crippen molar-refractivity contribution in [1.29, 1.82) is 0 Å². The number of aromatic amines is 3. The average Bonchev–Trinajstić information content (AvgIpc) is 3.96. The molecule has 3 aliphatic rings. The summed E-state index contributed by atoms with van der Waals surface area (Å²) in [4.78, 5) is 52.0. The Bertz CT molecular complexity index is 2450. The van der Waals surface area contributed by atoms with Gasteiger partial charge < -0.3 is 34.8 Å². The maximum Gasteiger partial charge on any atom is 0.320 e. The Morgan fingerprint density at radius 1 is 0.950 bits per heavy atom. The largest absolute Gasteiger partial charge is 0.515 e. The third-order valence-corrected chi connectivity index (χ3v) is 13.3. The number of allylic oxidation sites excluding steroid dienone is 2. The number of H-pyrrole nitrogens is 3. The average molecular weight is 819 g/mol. The Hall–Kier alpha value is -5.25. The van der Waals surface area contributed by atoms with Crippen LogP contribution in [0.5, 0.6) is 0 Å². The van der Waals surface area contributed by atoms with E-state index in [0.717, 1.165) is 86.7 Å². The van der Waals surface area contributed by atoms with Gasteiger partial charge in [0.05, 0.1) is 30.1 Å². The summed E-state index contributed by atoms with van der Waals surface area (Å²) in [6.45, 7) is 21.5. The van der Waals surface area contributed by atoms with Crippen molar-refractivity contribution in [3.05, 3.63) is 90.1 Å². The molecule has 3 aromatic rings. The Kier molecular flexibility index (Phi) is 14.0. The van der Waals surface area contributed by atoms with E-state index in [1.165, 1.54) is 38.4 Å². The number of nitrogens with one attached hydrogen (secondary N) is 4. The number of aromatic nitrogens is 3. The van der Waals surface area contributed by atoms with E-state index in [-0.39, 0.29) is 36.6 Å². The van der Waals surface area contributed by atoms with Crippen molar-refractivity contribution >= 4 is 53.9 Å². The zero-order chi connectivity index (χ0) is 43.4. The summed E-state index contributed by atoms with van der Waals surface area (Å²) in [6.07, 6.45) is 19.5. The van der Waals surface area contributed by atoms with E-state index in [2.05, 4.69) is 67.5 Å². The van der Waals surface area contributed by atoms with Gasteiger partial charge in [0.2, 0.25) is 0 Å². The van der Waals surface area contributed by atoms with Gasteiger partial charge in [-0.15, -0.1) is 0 Å². The highest BCUT2D eigenvalue weighted by Gasteiger charge is 2.49. The molecule has 0 saturated carbocycles. The number of esters is 2. The van der Waals surface area contributed by atoms with Crippen LogP contribution in [0.4, 0.5) is 0 Å². The van der Waals surface area contributed by atoms with E-state index in [4.69, 9.17) is 9.47 Å². The maximum absolute atomic E-state index is 14.4. The molecule has 322 valence electrons. The zero-order valence-corrected chi connectivity index (χ0v) is 37.2. The minimum absolute atomic E-state index is 0.0870. The molecule has 0 spiro atoms. The van der Waals surface area contributed by atoms with Crippen molar-refractivity contribution in [1.82, 2.24) is 20.3 Å². The smallest absolute Gasteiger partial charge is 0.320 e. The van der Waals surface area contributed by atoms with Crippen molar-refractivity contribution in [2.24, 2.45) is 29.6 Å².